The fourth-order valence-electron chi connectivity index (χ4n) is 1.10. The molecule has 0 amide bonds. The molecule has 0 saturated carbocycles. The van der Waals surface area contributed by atoms with Gasteiger partial charge in [-0.25, -0.2) is 8.78 Å². The highest BCUT2D eigenvalue weighted by Gasteiger charge is 2.02. The minimum absolute atomic E-state index is 0.129. The maximum absolute atomic E-state index is 11.7. The van der Waals surface area contributed by atoms with Gasteiger partial charge in [-0.15, -0.1) is 0 Å². The Morgan fingerprint density at radius 2 is 2.27 bits per heavy atom. The van der Waals surface area contributed by atoms with Gasteiger partial charge >= 0.3 is 0 Å². The van der Waals surface area contributed by atoms with Crippen LogP contribution in [0.3, 0.4) is 0 Å². The molecular formula is C10H14F2N2O. The zero-order chi connectivity index (χ0) is 11.1. The SMILES string of the molecule is CNCc1ccc(COCC(F)F)nc1. The summed E-state index contributed by atoms with van der Waals surface area (Å²) in [6, 6.07) is 3.67. The molecule has 0 aliphatic rings. The molecule has 0 spiro atoms. The lowest BCUT2D eigenvalue weighted by Crippen LogP contribution is -2.07. The van der Waals surface area contributed by atoms with Gasteiger partial charge in [-0.3, -0.25) is 4.98 Å². The van der Waals surface area contributed by atoms with E-state index in [1.165, 1.54) is 0 Å². The maximum Gasteiger partial charge on any atom is 0.261 e. The van der Waals surface area contributed by atoms with Gasteiger partial charge in [0.05, 0.1) is 12.3 Å². The average Bonchev–Trinajstić information content (AvgIpc) is 2.20. The summed E-state index contributed by atoms with van der Waals surface area (Å²) in [5, 5.41) is 2.99. The molecule has 0 aliphatic heterocycles. The molecule has 1 aromatic rings. The number of rotatable bonds is 6. The Morgan fingerprint density at radius 1 is 1.47 bits per heavy atom. The lowest BCUT2D eigenvalue weighted by Gasteiger charge is -2.04. The summed E-state index contributed by atoms with van der Waals surface area (Å²) in [7, 11) is 1.85. The predicted molar refractivity (Wildman–Crippen MR) is 52.7 cm³/mol. The van der Waals surface area contributed by atoms with Gasteiger partial charge in [-0.2, -0.15) is 0 Å². The minimum Gasteiger partial charge on any atom is -0.369 e. The summed E-state index contributed by atoms with van der Waals surface area (Å²) in [6.07, 6.45) is -0.717. The van der Waals surface area contributed by atoms with Crippen LogP contribution in [-0.4, -0.2) is 25.1 Å². The number of hydrogen-bond donors (Lipinski definition) is 1. The van der Waals surface area contributed by atoms with Gasteiger partial charge in [0.25, 0.3) is 6.43 Å². The standard InChI is InChI=1S/C10H14F2N2O/c1-13-4-8-2-3-9(14-5-8)6-15-7-10(11)12/h2-3,5,10,13H,4,6-7H2,1H3. The van der Waals surface area contributed by atoms with Crippen molar-refractivity contribution in [2.45, 2.75) is 19.6 Å². The van der Waals surface area contributed by atoms with Crippen molar-refractivity contribution in [3.8, 4) is 0 Å². The Kier molecular flexibility index (Phi) is 5.14. The summed E-state index contributed by atoms with van der Waals surface area (Å²) < 4.78 is 28.2. The van der Waals surface area contributed by atoms with Gasteiger partial charge in [0, 0.05) is 12.7 Å². The van der Waals surface area contributed by atoms with Crippen molar-refractivity contribution in [1.82, 2.24) is 10.3 Å². The number of nitrogens with zero attached hydrogens (tertiary/aromatic N) is 1. The molecule has 0 bridgehead atoms. The third-order valence-electron chi connectivity index (χ3n) is 1.76. The van der Waals surface area contributed by atoms with E-state index in [4.69, 9.17) is 4.74 Å². The smallest absolute Gasteiger partial charge is 0.261 e. The topological polar surface area (TPSA) is 34.1 Å². The van der Waals surface area contributed by atoms with Crippen molar-refractivity contribution >= 4 is 0 Å². The number of hydrogen-bond acceptors (Lipinski definition) is 3. The number of halogens is 2. The Bertz CT molecular complexity index is 277. The van der Waals surface area contributed by atoms with Crippen LogP contribution < -0.4 is 5.32 Å². The first-order valence-corrected chi connectivity index (χ1v) is 4.66. The summed E-state index contributed by atoms with van der Waals surface area (Å²) >= 11 is 0. The van der Waals surface area contributed by atoms with Gasteiger partial charge in [-0.05, 0) is 18.7 Å². The Hall–Kier alpha value is -1.07. The Labute approximate surface area is 87.5 Å². The van der Waals surface area contributed by atoms with Crippen molar-refractivity contribution < 1.29 is 13.5 Å². The highest BCUT2D eigenvalue weighted by atomic mass is 19.3. The van der Waals surface area contributed by atoms with E-state index in [0.717, 1.165) is 12.1 Å². The molecule has 0 atom stereocenters. The monoisotopic (exact) mass is 216 g/mol. The lowest BCUT2D eigenvalue weighted by atomic mass is 10.2. The van der Waals surface area contributed by atoms with Crippen LogP contribution in [0.2, 0.25) is 0 Å². The first kappa shape index (κ1) is 12.0. The molecule has 0 aliphatic carbocycles. The summed E-state index contributed by atoms with van der Waals surface area (Å²) in [5.74, 6) is 0. The van der Waals surface area contributed by atoms with Crippen molar-refractivity contribution in [3.05, 3.63) is 29.6 Å². The van der Waals surface area contributed by atoms with Crippen LogP contribution in [0.1, 0.15) is 11.3 Å². The number of pyridine rings is 1. The number of alkyl halides is 2. The summed E-state index contributed by atoms with van der Waals surface area (Å²) in [6.45, 7) is 0.329. The highest BCUT2D eigenvalue weighted by Crippen LogP contribution is 2.02. The number of aromatic nitrogens is 1. The molecule has 0 aromatic carbocycles. The third-order valence-corrected chi connectivity index (χ3v) is 1.76. The van der Waals surface area contributed by atoms with E-state index >= 15 is 0 Å². The molecule has 1 N–H and O–H groups in total. The van der Waals surface area contributed by atoms with Crippen LogP contribution >= 0.6 is 0 Å². The fraction of sp³-hybridized carbons (Fsp3) is 0.500. The first-order valence-electron chi connectivity index (χ1n) is 4.66. The van der Waals surface area contributed by atoms with Crippen molar-refractivity contribution in [2.24, 2.45) is 0 Å². The van der Waals surface area contributed by atoms with Crippen molar-refractivity contribution in [3.63, 3.8) is 0 Å². The van der Waals surface area contributed by atoms with E-state index in [1.54, 1.807) is 12.3 Å². The quantitative estimate of drug-likeness (QED) is 0.784. The molecule has 1 rings (SSSR count). The molecule has 1 aromatic heterocycles. The van der Waals surface area contributed by atoms with E-state index < -0.39 is 13.0 Å². The van der Waals surface area contributed by atoms with Crippen LogP contribution in [0.4, 0.5) is 8.78 Å². The molecule has 0 saturated heterocycles. The van der Waals surface area contributed by atoms with Gasteiger partial charge in [0.1, 0.15) is 6.61 Å². The molecule has 3 nitrogen and oxygen atoms in total. The molecular weight excluding hydrogens is 202 g/mol. The second-order valence-corrected chi connectivity index (χ2v) is 3.09. The number of nitrogens with one attached hydrogen (secondary N) is 1. The second kappa shape index (κ2) is 6.42. The molecule has 0 fully saturated rings. The van der Waals surface area contributed by atoms with Crippen LogP contribution in [0.5, 0.6) is 0 Å². The van der Waals surface area contributed by atoms with Gasteiger partial charge in [-0.1, -0.05) is 6.07 Å². The lowest BCUT2D eigenvalue weighted by molar-refractivity contribution is 0.00883. The highest BCUT2D eigenvalue weighted by molar-refractivity contribution is 5.13. The predicted octanol–water partition coefficient (Wildman–Crippen LogP) is 1.58. The maximum atomic E-state index is 11.7. The Balaban J connectivity index is 2.36. The van der Waals surface area contributed by atoms with Crippen LogP contribution in [0.15, 0.2) is 18.3 Å². The van der Waals surface area contributed by atoms with Gasteiger partial charge < -0.3 is 10.1 Å². The molecule has 5 heteroatoms. The summed E-state index contributed by atoms with van der Waals surface area (Å²) in [4.78, 5) is 4.08. The zero-order valence-corrected chi connectivity index (χ0v) is 8.54. The second-order valence-electron chi connectivity index (χ2n) is 3.09. The van der Waals surface area contributed by atoms with E-state index in [-0.39, 0.29) is 6.61 Å². The van der Waals surface area contributed by atoms with Crippen LogP contribution in [0, 0.1) is 0 Å². The molecule has 84 valence electrons. The van der Waals surface area contributed by atoms with Crippen molar-refractivity contribution in [1.29, 1.82) is 0 Å². The average molecular weight is 216 g/mol. The molecule has 1 heterocycles. The van der Waals surface area contributed by atoms with E-state index in [0.29, 0.717) is 5.69 Å². The first-order chi connectivity index (χ1) is 7.22. The van der Waals surface area contributed by atoms with Gasteiger partial charge in [0.15, 0.2) is 0 Å². The van der Waals surface area contributed by atoms with E-state index in [2.05, 4.69) is 10.3 Å². The largest absolute Gasteiger partial charge is 0.369 e. The van der Waals surface area contributed by atoms with E-state index in [9.17, 15) is 8.78 Å². The van der Waals surface area contributed by atoms with Crippen LogP contribution in [0.25, 0.3) is 0 Å². The number of ether oxygens (including phenoxy) is 1. The Morgan fingerprint density at radius 3 is 2.80 bits per heavy atom. The normalized spacial score (nSPS) is 10.9. The van der Waals surface area contributed by atoms with E-state index in [1.807, 2.05) is 13.1 Å². The third kappa shape index (κ3) is 4.80. The molecule has 0 radical (unpaired) electrons. The van der Waals surface area contributed by atoms with Crippen LogP contribution in [-0.2, 0) is 17.9 Å². The van der Waals surface area contributed by atoms with Gasteiger partial charge in [0.2, 0.25) is 0 Å². The molecule has 15 heavy (non-hydrogen) atoms. The van der Waals surface area contributed by atoms with Crippen molar-refractivity contribution in [2.75, 3.05) is 13.7 Å². The summed E-state index contributed by atoms with van der Waals surface area (Å²) in [5.41, 5.74) is 1.71. The molecule has 0 unspecified atom stereocenters. The fourth-order valence-corrected chi connectivity index (χ4v) is 1.10. The minimum atomic E-state index is -2.42. The zero-order valence-electron chi connectivity index (χ0n) is 8.54.